The normalized spacial score (nSPS) is 22.9. The Morgan fingerprint density at radius 1 is 1.17 bits per heavy atom. The van der Waals surface area contributed by atoms with Gasteiger partial charge in [-0.15, -0.1) is 11.3 Å². The summed E-state index contributed by atoms with van der Waals surface area (Å²) in [6, 6.07) is 9.04. The highest BCUT2D eigenvalue weighted by molar-refractivity contribution is 7.17. The van der Waals surface area contributed by atoms with Crippen LogP contribution in [0.25, 0.3) is 10.1 Å². The van der Waals surface area contributed by atoms with E-state index < -0.39 is 0 Å². The van der Waals surface area contributed by atoms with Crippen LogP contribution in [0.3, 0.4) is 0 Å². The molecule has 122 valence electrons. The molecule has 2 heterocycles. The molecular weight excluding hydrogens is 316 g/mol. The van der Waals surface area contributed by atoms with E-state index in [4.69, 9.17) is 0 Å². The zero-order valence-electron chi connectivity index (χ0n) is 13.6. The predicted octanol–water partition coefficient (Wildman–Crippen LogP) is 4.44. The van der Waals surface area contributed by atoms with Gasteiger partial charge in [-0.25, -0.2) is 0 Å². The number of aliphatic imine (C=N–C) groups is 1. The second kappa shape index (κ2) is 5.55. The molecule has 1 aromatic carbocycles. The summed E-state index contributed by atoms with van der Waals surface area (Å²) in [7, 11) is 0. The second-order valence-corrected chi connectivity index (χ2v) is 8.06. The lowest BCUT2D eigenvalue weighted by Crippen LogP contribution is -2.43. The van der Waals surface area contributed by atoms with Gasteiger partial charge in [0.05, 0.1) is 6.54 Å². The SMILES string of the molecule is O=C(c1ccc2sccc2c1)N(C1CC1)C1CCC2=C(C=NC2)C1. The zero-order chi connectivity index (χ0) is 16.1. The standard InChI is InChI=1S/C20H20N2OS/c23-20(14-2-6-19-13(9-14)7-8-24-19)22(17-4-5-17)18-3-1-15-11-21-12-16(15)10-18/h2,6-9,12,17-18H,1,3-5,10-11H2. The fourth-order valence-electron chi connectivity index (χ4n) is 4.06. The number of rotatable bonds is 3. The van der Waals surface area contributed by atoms with E-state index in [9.17, 15) is 4.79 Å². The van der Waals surface area contributed by atoms with Gasteiger partial charge in [0.2, 0.25) is 0 Å². The molecule has 4 heteroatoms. The van der Waals surface area contributed by atoms with Crippen molar-refractivity contribution in [3.05, 3.63) is 46.4 Å². The van der Waals surface area contributed by atoms with Crippen LogP contribution < -0.4 is 0 Å². The van der Waals surface area contributed by atoms with E-state index in [1.54, 1.807) is 11.3 Å². The molecule has 0 bridgehead atoms. The maximum atomic E-state index is 13.3. The summed E-state index contributed by atoms with van der Waals surface area (Å²) in [6.07, 6.45) is 7.52. The van der Waals surface area contributed by atoms with Gasteiger partial charge in [-0.3, -0.25) is 9.79 Å². The number of amides is 1. The van der Waals surface area contributed by atoms with Crippen LogP contribution in [0.4, 0.5) is 0 Å². The fraction of sp³-hybridized carbons (Fsp3) is 0.400. The van der Waals surface area contributed by atoms with Gasteiger partial charge in [0.1, 0.15) is 0 Å². The third-order valence-electron chi connectivity index (χ3n) is 5.49. The molecule has 2 aliphatic carbocycles. The fourth-order valence-corrected chi connectivity index (χ4v) is 4.83. The lowest BCUT2D eigenvalue weighted by Gasteiger charge is -2.35. The van der Waals surface area contributed by atoms with E-state index in [0.717, 1.165) is 44.2 Å². The topological polar surface area (TPSA) is 32.7 Å². The van der Waals surface area contributed by atoms with Gasteiger partial charge in [0.25, 0.3) is 5.91 Å². The predicted molar refractivity (Wildman–Crippen MR) is 99.0 cm³/mol. The van der Waals surface area contributed by atoms with Crippen LogP contribution in [-0.4, -0.2) is 35.7 Å². The van der Waals surface area contributed by atoms with Crippen LogP contribution in [0, 0.1) is 0 Å². The van der Waals surface area contributed by atoms with Gasteiger partial charge in [0, 0.05) is 28.6 Å². The first-order valence-electron chi connectivity index (χ1n) is 8.80. The van der Waals surface area contributed by atoms with Gasteiger partial charge >= 0.3 is 0 Å². The van der Waals surface area contributed by atoms with Crippen LogP contribution in [0.5, 0.6) is 0 Å². The zero-order valence-corrected chi connectivity index (χ0v) is 14.4. The first kappa shape index (κ1) is 14.4. The van der Waals surface area contributed by atoms with Crippen molar-refractivity contribution < 1.29 is 4.79 Å². The van der Waals surface area contributed by atoms with E-state index >= 15 is 0 Å². The molecule has 3 nitrogen and oxygen atoms in total. The molecule has 1 unspecified atom stereocenters. The highest BCUT2D eigenvalue weighted by atomic mass is 32.1. The van der Waals surface area contributed by atoms with Crippen molar-refractivity contribution in [2.45, 2.75) is 44.2 Å². The Kier molecular flexibility index (Phi) is 3.33. The smallest absolute Gasteiger partial charge is 0.254 e. The van der Waals surface area contributed by atoms with Crippen molar-refractivity contribution >= 4 is 33.5 Å². The minimum atomic E-state index is 0.217. The lowest BCUT2D eigenvalue weighted by atomic mass is 9.88. The van der Waals surface area contributed by atoms with Crippen molar-refractivity contribution in [1.82, 2.24) is 4.90 Å². The highest BCUT2D eigenvalue weighted by Gasteiger charge is 2.39. The van der Waals surface area contributed by atoms with Crippen molar-refractivity contribution in [2.75, 3.05) is 6.54 Å². The average molecular weight is 336 g/mol. The summed E-state index contributed by atoms with van der Waals surface area (Å²) in [5.41, 5.74) is 3.72. The summed E-state index contributed by atoms with van der Waals surface area (Å²) in [5, 5.41) is 3.27. The Labute approximate surface area is 145 Å². The molecule has 2 aromatic rings. The summed E-state index contributed by atoms with van der Waals surface area (Å²) in [5.74, 6) is 0.217. The minimum absolute atomic E-state index is 0.217. The summed E-state index contributed by atoms with van der Waals surface area (Å²) < 4.78 is 1.25. The third-order valence-corrected chi connectivity index (χ3v) is 6.38. The summed E-state index contributed by atoms with van der Waals surface area (Å²) in [4.78, 5) is 19.9. The number of benzene rings is 1. The Morgan fingerprint density at radius 3 is 2.96 bits per heavy atom. The minimum Gasteiger partial charge on any atom is -0.332 e. The van der Waals surface area contributed by atoms with E-state index in [1.807, 2.05) is 12.3 Å². The Bertz CT molecular complexity index is 875. The van der Waals surface area contributed by atoms with Crippen LogP contribution in [0.2, 0.25) is 0 Å². The molecule has 0 spiro atoms. The second-order valence-electron chi connectivity index (χ2n) is 7.11. The first-order valence-corrected chi connectivity index (χ1v) is 9.68. The maximum Gasteiger partial charge on any atom is 0.254 e. The first-order chi connectivity index (χ1) is 11.8. The number of fused-ring (bicyclic) bond motifs is 1. The number of carbonyl (C=O) groups is 1. The molecule has 1 fully saturated rings. The number of thiophene rings is 1. The number of hydrogen-bond donors (Lipinski definition) is 0. The molecule has 0 saturated heterocycles. The van der Waals surface area contributed by atoms with Gasteiger partial charge in [-0.2, -0.15) is 0 Å². The largest absolute Gasteiger partial charge is 0.332 e. The van der Waals surface area contributed by atoms with Gasteiger partial charge in [0.15, 0.2) is 0 Å². The van der Waals surface area contributed by atoms with E-state index in [1.165, 1.54) is 21.2 Å². The number of carbonyl (C=O) groups excluding carboxylic acids is 1. The van der Waals surface area contributed by atoms with Crippen LogP contribution in [-0.2, 0) is 0 Å². The van der Waals surface area contributed by atoms with Gasteiger partial charge in [-0.05, 0) is 78.3 Å². The summed E-state index contributed by atoms with van der Waals surface area (Å²) >= 11 is 1.73. The Morgan fingerprint density at radius 2 is 2.08 bits per heavy atom. The van der Waals surface area contributed by atoms with Crippen LogP contribution in [0.1, 0.15) is 42.5 Å². The number of nitrogens with zero attached hydrogens (tertiary/aromatic N) is 2. The van der Waals surface area contributed by atoms with Crippen LogP contribution >= 0.6 is 11.3 Å². The monoisotopic (exact) mass is 336 g/mol. The molecule has 1 aromatic heterocycles. The van der Waals surface area contributed by atoms with E-state index in [0.29, 0.717) is 12.1 Å². The molecule has 3 aliphatic rings. The van der Waals surface area contributed by atoms with E-state index in [2.05, 4.69) is 33.5 Å². The quantitative estimate of drug-likeness (QED) is 0.815. The number of hydrogen-bond acceptors (Lipinski definition) is 3. The lowest BCUT2D eigenvalue weighted by molar-refractivity contribution is 0.0645. The molecule has 1 aliphatic heterocycles. The van der Waals surface area contributed by atoms with Crippen LogP contribution in [0.15, 0.2) is 45.8 Å². The molecule has 0 radical (unpaired) electrons. The maximum absolute atomic E-state index is 13.3. The van der Waals surface area contributed by atoms with Gasteiger partial charge in [-0.1, -0.05) is 0 Å². The Hall–Kier alpha value is -1.94. The van der Waals surface area contributed by atoms with E-state index in [-0.39, 0.29) is 5.91 Å². The molecule has 24 heavy (non-hydrogen) atoms. The third kappa shape index (κ3) is 2.40. The van der Waals surface area contributed by atoms with Crippen molar-refractivity contribution in [2.24, 2.45) is 4.99 Å². The van der Waals surface area contributed by atoms with Crippen molar-refractivity contribution in [3.63, 3.8) is 0 Å². The molecule has 1 amide bonds. The summed E-state index contributed by atoms with van der Waals surface area (Å²) in [6.45, 7) is 0.883. The van der Waals surface area contributed by atoms with Gasteiger partial charge < -0.3 is 4.90 Å². The molecular formula is C20H20N2OS. The van der Waals surface area contributed by atoms with Crippen molar-refractivity contribution in [3.8, 4) is 0 Å². The highest BCUT2D eigenvalue weighted by Crippen LogP contribution is 2.37. The average Bonchev–Trinajstić information content (AvgIpc) is 3.13. The van der Waals surface area contributed by atoms with Crippen molar-refractivity contribution in [1.29, 1.82) is 0 Å². The molecule has 0 N–H and O–H groups in total. The Balaban J connectivity index is 1.45. The molecule has 1 atom stereocenters. The molecule has 5 rings (SSSR count). The molecule has 1 saturated carbocycles.